The molecule has 2 N–H and O–H groups in total. The number of hydrogen-bond donors (Lipinski definition) is 2. The van der Waals surface area contributed by atoms with Gasteiger partial charge in [-0.1, -0.05) is 34.1 Å². The van der Waals surface area contributed by atoms with Crippen molar-refractivity contribution in [1.29, 1.82) is 0 Å². The Balaban J connectivity index is 1.87. The van der Waals surface area contributed by atoms with Crippen LogP contribution in [-0.2, 0) is 21.9 Å². The molecule has 0 saturated heterocycles. The molecule has 5 heteroatoms. The molecule has 2 aromatic rings. The van der Waals surface area contributed by atoms with Gasteiger partial charge in [-0.2, -0.15) is 0 Å². The van der Waals surface area contributed by atoms with Gasteiger partial charge in [-0.05, 0) is 24.3 Å². The molecular weight excluding hydrogens is 320 g/mol. The van der Waals surface area contributed by atoms with Gasteiger partial charge in [0.15, 0.2) is 0 Å². The minimum absolute atomic E-state index is 0.180. The minimum atomic E-state index is -1.13. The van der Waals surface area contributed by atoms with E-state index in [-0.39, 0.29) is 5.91 Å². The number of hydrogen-bond acceptors (Lipinski definition) is 3. The first kappa shape index (κ1) is 11.9. The first-order chi connectivity index (χ1) is 9.69. The van der Waals surface area contributed by atoms with Gasteiger partial charge in [-0.3, -0.25) is 4.79 Å². The van der Waals surface area contributed by atoms with Gasteiger partial charge < -0.3 is 15.4 Å². The van der Waals surface area contributed by atoms with Crippen LogP contribution in [0.2, 0.25) is 0 Å². The molecule has 0 aliphatic carbocycles. The summed E-state index contributed by atoms with van der Waals surface area (Å²) in [6, 6.07) is 13.5. The van der Waals surface area contributed by atoms with Crippen molar-refractivity contribution in [3.63, 3.8) is 0 Å². The highest BCUT2D eigenvalue weighted by atomic mass is 79.9. The van der Waals surface area contributed by atoms with Crippen LogP contribution in [0.15, 0.2) is 46.9 Å². The van der Waals surface area contributed by atoms with E-state index >= 15 is 0 Å². The van der Waals surface area contributed by atoms with Gasteiger partial charge in [-0.15, -0.1) is 0 Å². The van der Waals surface area contributed by atoms with E-state index in [0.29, 0.717) is 6.61 Å². The number of fused-ring (bicyclic) bond motifs is 3. The number of carbonyl (C=O) groups excluding carboxylic acids is 1. The Morgan fingerprint density at radius 1 is 1.15 bits per heavy atom. The molecule has 0 radical (unpaired) electrons. The third kappa shape index (κ3) is 1.53. The molecule has 0 unspecified atom stereocenters. The van der Waals surface area contributed by atoms with Crippen molar-refractivity contribution in [2.75, 3.05) is 10.6 Å². The van der Waals surface area contributed by atoms with Crippen molar-refractivity contribution in [2.45, 2.75) is 12.3 Å². The molecule has 1 spiro atoms. The third-order valence-electron chi connectivity index (χ3n) is 3.70. The Bertz CT molecular complexity index is 732. The lowest BCUT2D eigenvalue weighted by molar-refractivity contribution is -0.140. The van der Waals surface area contributed by atoms with Crippen molar-refractivity contribution in [1.82, 2.24) is 0 Å². The average Bonchev–Trinajstić information content (AvgIpc) is 2.72. The zero-order valence-electron chi connectivity index (χ0n) is 10.4. The second-order valence-corrected chi connectivity index (χ2v) is 5.81. The summed E-state index contributed by atoms with van der Waals surface area (Å²) in [7, 11) is 0. The molecule has 100 valence electrons. The Kier molecular flexibility index (Phi) is 2.43. The SMILES string of the molecule is O=C1Nc2ccc(Br)cc2[C@]12Nc1ccccc1CO2. The number of rotatable bonds is 0. The summed E-state index contributed by atoms with van der Waals surface area (Å²) in [5, 5.41) is 6.12. The lowest BCUT2D eigenvalue weighted by atomic mass is 10.0. The van der Waals surface area contributed by atoms with E-state index in [1.165, 1.54) is 0 Å². The maximum atomic E-state index is 12.4. The normalized spacial score (nSPS) is 22.9. The summed E-state index contributed by atoms with van der Waals surface area (Å²) in [4.78, 5) is 12.4. The number of halogens is 1. The Labute approximate surface area is 124 Å². The standard InChI is InChI=1S/C15H11BrN2O2/c16-10-5-6-13-11(7-10)15(14(19)17-13)18-12-4-2-1-3-9(12)8-20-15/h1-7,18H,8H2,(H,17,19)/t15-/m1/s1. The van der Waals surface area contributed by atoms with E-state index in [0.717, 1.165) is 27.0 Å². The first-order valence-electron chi connectivity index (χ1n) is 6.30. The molecule has 0 fully saturated rings. The van der Waals surface area contributed by atoms with Gasteiger partial charge >= 0.3 is 0 Å². The van der Waals surface area contributed by atoms with Gasteiger partial charge in [0.25, 0.3) is 5.91 Å². The molecular formula is C15H11BrN2O2. The van der Waals surface area contributed by atoms with Gasteiger partial charge in [0.2, 0.25) is 5.72 Å². The van der Waals surface area contributed by atoms with E-state index < -0.39 is 5.72 Å². The fourth-order valence-electron chi connectivity index (χ4n) is 2.70. The number of anilines is 2. The largest absolute Gasteiger partial charge is 0.346 e. The van der Waals surface area contributed by atoms with Gasteiger partial charge in [0.1, 0.15) is 0 Å². The number of carbonyl (C=O) groups is 1. The summed E-state index contributed by atoms with van der Waals surface area (Å²) < 4.78 is 6.82. The van der Waals surface area contributed by atoms with Crippen LogP contribution in [0.5, 0.6) is 0 Å². The predicted octanol–water partition coefficient (Wildman–Crippen LogP) is 3.20. The maximum Gasteiger partial charge on any atom is 0.282 e. The van der Waals surface area contributed by atoms with Gasteiger partial charge in [-0.25, -0.2) is 0 Å². The lowest BCUT2D eigenvalue weighted by Gasteiger charge is -2.35. The molecule has 2 aliphatic heterocycles. The fraction of sp³-hybridized carbons (Fsp3) is 0.133. The molecule has 2 heterocycles. The Morgan fingerprint density at radius 3 is 2.90 bits per heavy atom. The van der Waals surface area contributed by atoms with Crippen LogP contribution in [0.3, 0.4) is 0 Å². The minimum Gasteiger partial charge on any atom is -0.346 e. The molecule has 0 aromatic heterocycles. The molecule has 0 saturated carbocycles. The summed E-state index contributed by atoms with van der Waals surface area (Å²) in [6.07, 6.45) is 0. The molecule has 4 rings (SSSR count). The number of para-hydroxylation sites is 1. The fourth-order valence-corrected chi connectivity index (χ4v) is 3.06. The number of nitrogens with one attached hydrogen (secondary N) is 2. The Morgan fingerprint density at radius 2 is 2.00 bits per heavy atom. The average molecular weight is 331 g/mol. The lowest BCUT2D eigenvalue weighted by Crippen LogP contribution is -2.47. The van der Waals surface area contributed by atoms with E-state index in [1.807, 2.05) is 42.5 Å². The topological polar surface area (TPSA) is 50.4 Å². The Hall–Kier alpha value is -1.85. The quantitative estimate of drug-likeness (QED) is 0.779. The van der Waals surface area contributed by atoms with Crippen LogP contribution in [0.4, 0.5) is 11.4 Å². The van der Waals surface area contributed by atoms with Crippen molar-refractivity contribution in [3.8, 4) is 0 Å². The van der Waals surface area contributed by atoms with E-state index in [4.69, 9.17) is 4.74 Å². The van der Waals surface area contributed by atoms with Crippen LogP contribution < -0.4 is 10.6 Å². The molecule has 4 nitrogen and oxygen atoms in total. The molecule has 0 bridgehead atoms. The van der Waals surface area contributed by atoms with E-state index in [1.54, 1.807) is 0 Å². The highest BCUT2D eigenvalue weighted by Crippen LogP contribution is 2.44. The second-order valence-electron chi connectivity index (χ2n) is 4.90. The number of benzene rings is 2. The molecule has 20 heavy (non-hydrogen) atoms. The van der Waals surface area contributed by atoms with Crippen molar-refractivity contribution >= 4 is 33.2 Å². The van der Waals surface area contributed by atoms with E-state index in [2.05, 4.69) is 26.6 Å². The van der Waals surface area contributed by atoms with Crippen molar-refractivity contribution in [3.05, 3.63) is 58.1 Å². The highest BCUT2D eigenvalue weighted by Gasteiger charge is 2.50. The van der Waals surface area contributed by atoms with Crippen LogP contribution >= 0.6 is 15.9 Å². The van der Waals surface area contributed by atoms with Crippen molar-refractivity contribution < 1.29 is 9.53 Å². The summed E-state index contributed by atoms with van der Waals surface area (Å²) in [5.74, 6) is -0.180. The first-order valence-corrected chi connectivity index (χ1v) is 7.10. The van der Waals surface area contributed by atoms with Gasteiger partial charge in [0.05, 0.1) is 6.61 Å². The highest BCUT2D eigenvalue weighted by molar-refractivity contribution is 9.10. The van der Waals surface area contributed by atoms with Crippen LogP contribution in [0.25, 0.3) is 0 Å². The number of ether oxygens (including phenoxy) is 1. The predicted molar refractivity (Wildman–Crippen MR) is 79.3 cm³/mol. The molecule has 1 atom stereocenters. The van der Waals surface area contributed by atoms with Gasteiger partial charge in [0, 0.05) is 27.0 Å². The van der Waals surface area contributed by atoms with Crippen LogP contribution in [-0.4, -0.2) is 5.91 Å². The molecule has 1 amide bonds. The molecule has 2 aromatic carbocycles. The zero-order chi connectivity index (χ0) is 13.7. The third-order valence-corrected chi connectivity index (χ3v) is 4.19. The number of amides is 1. The summed E-state index contributed by atoms with van der Waals surface area (Å²) in [6.45, 7) is 0.405. The van der Waals surface area contributed by atoms with Crippen LogP contribution in [0, 0.1) is 0 Å². The van der Waals surface area contributed by atoms with Crippen molar-refractivity contribution in [2.24, 2.45) is 0 Å². The van der Waals surface area contributed by atoms with E-state index in [9.17, 15) is 4.79 Å². The maximum absolute atomic E-state index is 12.4. The summed E-state index contributed by atoms with van der Waals surface area (Å²) in [5.41, 5.74) is 2.44. The zero-order valence-corrected chi connectivity index (χ0v) is 12.0. The summed E-state index contributed by atoms with van der Waals surface area (Å²) >= 11 is 3.44. The molecule has 2 aliphatic rings. The second kappa shape index (κ2) is 4.07. The smallest absolute Gasteiger partial charge is 0.282 e. The monoisotopic (exact) mass is 330 g/mol. The van der Waals surface area contributed by atoms with Crippen LogP contribution in [0.1, 0.15) is 11.1 Å².